The van der Waals surface area contributed by atoms with Crippen molar-refractivity contribution < 1.29 is 9.50 Å². The lowest BCUT2D eigenvalue weighted by Gasteiger charge is -2.27. The Morgan fingerprint density at radius 1 is 1.28 bits per heavy atom. The molecule has 0 aliphatic rings. The van der Waals surface area contributed by atoms with E-state index in [0.717, 1.165) is 12.0 Å². The Morgan fingerprint density at radius 2 is 1.83 bits per heavy atom. The molecule has 0 radical (unpaired) electrons. The zero-order valence-electron chi connectivity index (χ0n) is 11.1. The summed E-state index contributed by atoms with van der Waals surface area (Å²) in [7, 11) is 0. The van der Waals surface area contributed by atoms with Crippen molar-refractivity contribution in [2.45, 2.75) is 49.8 Å². The summed E-state index contributed by atoms with van der Waals surface area (Å²) in [5.74, 6) is -0.240. The molecule has 0 saturated heterocycles. The van der Waals surface area contributed by atoms with Crippen LogP contribution in [0, 0.1) is 5.82 Å². The Morgan fingerprint density at radius 3 is 2.28 bits per heavy atom. The second kappa shape index (κ2) is 7.12. The van der Waals surface area contributed by atoms with Crippen LogP contribution in [0.15, 0.2) is 24.3 Å². The zero-order valence-corrected chi connectivity index (χ0v) is 12.0. The number of benzene rings is 1. The molecule has 0 aliphatic heterocycles. The summed E-state index contributed by atoms with van der Waals surface area (Å²) >= 11 is 1.65. The van der Waals surface area contributed by atoms with Gasteiger partial charge < -0.3 is 10.8 Å². The molecular formula is C14H22FNOS. The van der Waals surface area contributed by atoms with Gasteiger partial charge in [0.25, 0.3) is 0 Å². The summed E-state index contributed by atoms with van der Waals surface area (Å²) in [6.45, 7) is 5.79. The molecule has 0 heterocycles. The van der Waals surface area contributed by atoms with Crippen LogP contribution in [0.4, 0.5) is 4.39 Å². The topological polar surface area (TPSA) is 46.2 Å². The van der Waals surface area contributed by atoms with Gasteiger partial charge in [0, 0.05) is 16.5 Å². The summed E-state index contributed by atoms with van der Waals surface area (Å²) in [6, 6.07) is 6.47. The van der Waals surface area contributed by atoms with E-state index in [9.17, 15) is 9.50 Å². The van der Waals surface area contributed by atoms with Gasteiger partial charge in [0.15, 0.2) is 0 Å². The quantitative estimate of drug-likeness (QED) is 0.835. The number of nitrogens with two attached hydrogens (primary N) is 1. The normalized spacial score (nSPS) is 18.1. The second-order valence-corrected chi connectivity index (χ2v) is 6.15. The largest absolute Gasteiger partial charge is 0.392 e. The van der Waals surface area contributed by atoms with Crippen molar-refractivity contribution in [3.8, 4) is 0 Å². The van der Waals surface area contributed by atoms with E-state index >= 15 is 0 Å². The van der Waals surface area contributed by atoms with Crippen LogP contribution in [0.25, 0.3) is 0 Å². The lowest BCUT2D eigenvalue weighted by Crippen LogP contribution is -2.28. The maximum atomic E-state index is 12.9. The van der Waals surface area contributed by atoms with Crippen molar-refractivity contribution in [2.75, 3.05) is 0 Å². The summed E-state index contributed by atoms with van der Waals surface area (Å²) in [4.78, 5) is 0. The summed E-state index contributed by atoms with van der Waals surface area (Å²) in [5, 5.41) is 9.77. The van der Waals surface area contributed by atoms with Crippen molar-refractivity contribution in [1.82, 2.24) is 0 Å². The smallest absolute Gasteiger partial charge is 0.123 e. The van der Waals surface area contributed by atoms with E-state index in [0.29, 0.717) is 0 Å². The third kappa shape index (κ3) is 4.26. The van der Waals surface area contributed by atoms with E-state index in [1.54, 1.807) is 30.8 Å². The highest BCUT2D eigenvalue weighted by Gasteiger charge is 2.23. The molecule has 0 fully saturated rings. The van der Waals surface area contributed by atoms with E-state index in [1.165, 1.54) is 12.1 Å². The Bertz CT molecular complexity index is 355. The van der Waals surface area contributed by atoms with Gasteiger partial charge in [-0.25, -0.2) is 4.39 Å². The third-order valence-corrected chi connectivity index (χ3v) is 4.84. The van der Waals surface area contributed by atoms with E-state index in [-0.39, 0.29) is 28.5 Å². The molecule has 0 aromatic heterocycles. The van der Waals surface area contributed by atoms with Crippen LogP contribution in [0.1, 0.15) is 38.0 Å². The van der Waals surface area contributed by atoms with Crippen LogP contribution >= 0.6 is 11.8 Å². The second-order valence-electron chi connectivity index (χ2n) is 4.63. The Balaban J connectivity index is 2.87. The highest BCUT2D eigenvalue weighted by atomic mass is 32.2. The first kappa shape index (κ1) is 15.5. The number of aliphatic hydroxyl groups is 1. The lowest BCUT2D eigenvalue weighted by atomic mass is 10.0. The van der Waals surface area contributed by atoms with Crippen molar-refractivity contribution in [1.29, 1.82) is 0 Å². The summed E-state index contributed by atoms with van der Waals surface area (Å²) < 4.78 is 12.9. The SMILES string of the molecule is CCC(N)C(SC(C)C(C)O)c1ccc(F)cc1. The van der Waals surface area contributed by atoms with Gasteiger partial charge in [-0.3, -0.25) is 0 Å². The van der Waals surface area contributed by atoms with Gasteiger partial charge in [-0.2, -0.15) is 0 Å². The molecule has 3 N–H and O–H groups in total. The lowest BCUT2D eigenvalue weighted by molar-refractivity contribution is 0.196. The number of thioether (sulfide) groups is 1. The molecule has 0 amide bonds. The predicted octanol–water partition coefficient (Wildman–Crippen LogP) is 3.11. The van der Waals surface area contributed by atoms with Gasteiger partial charge >= 0.3 is 0 Å². The molecule has 102 valence electrons. The van der Waals surface area contributed by atoms with Crippen LogP contribution in [0.5, 0.6) is 0 Å². The minimum atomic E-state index is -0.387. The number of halogens is 1. The van der Waals surface area contributed by atoms with Crippen LogP contribution in [-0.4, -0.2) is 22.5 Å². The van der Waals surface area contributed by atoms with Gasteiger partial charge in [-0.1, -0.05) is 26.0 Å². The van der Waals surface area contributed by atoms with Crippen molar-refractivity contribution in [3.05, 3.63) is 35.6 Å². The van der Waals surface area contributed by atoms with Crippen molar-refractivity contribution >= 4 is 11.8 Å². The number of hydrogen-bond acceptors (Lipinski definition) is 3. The first-order valence-corrected chi connectivity index (χ1v) is 7.24. The van der Waals surface area contributed by atoms with Crippen LogP contribution in [-0.2, 0) is 0 Å². The number of hydrogen-bond donors (Lipinski definition) is 2. The minimum Gasteiger partial charge on any atom is -0.392 e. The summed E-state index contributed by atoms with van der Waals surface area (Å²) in [5.41, 5.74) is 7.16. The standard InChI is InChI=1S/C14H22FNOS/c1-4-13(16)14(18-10(3)9(2)17)11-5-7-12(15)8-6-11/h5-10,13-14,17H,4,16H2,1-3H3. The molecule has 0 bridgehead atoms. The van der Waals surface area contributed by atoms with Gasteiger partial charge in [0.05, 0.1) is 6.10 Å². The Hall–Kier alpha value is -0.580. The molecule has 4 atom stereocenters. The zero-order chi connectivity index (χ0) is 13.7. The number of rotatable bonds is 6. The molecule has 18 heavy (non-hydrogen) atoms. The minimum absolute atomic E-state index is 0.00154. The first-order valence-electron chi connectivity index (χ1n) is 6.30. The Labute approximate surface area is 113 Å². The van der Waals surface area contributed by atoms with Gasteiger partial charge in [-0.15, -0.1) is 11.8 Å². The fourth-order valence-corrected chi connectivity index (χ4v) is 3.04. The molecule has 4 heteroatoms. The fraction of sp³-hybridized carbons (Fsp3) is 0.571. The maximum absolute atomic E-state index is 12.9. The molecule has 2 nitrogen and oxygen atoms in total. The Kier molecular flexibility index (Phi) is 6.12. The predicted molar refractivity (Wildman–Crippen MR) is 76.1 cm³/mol. The van der Waals surface area contributed by atoms with E-state index in [1.807, 2.05) is 13.8 Å². The monoisotopic (exact) mass is 271 g/mol. The molecule has 1 aromatic rings. The van der Waals surface area contributed by atoms with Gasteiger partial charge in [0.2, 0.25) is 0 Å². The summed E-state index contributed by atoms with van der Waals surface area (Å²) in [6.07, 6.45) is 0.462. The van der Waals surface area contributed by atoms with Crippen LogP contribution < -0.4 is 5.73 Å². The average molecular weight is 271 g/mol. The first-order chi connectivity index (χ1) is 8.45. The van der Waals surface area contributed by atoms with Crippen molar-refractivity contribution in [2.24, 2.45) is 5.73 Å². The number of aliphatic hydroxyl groups excluding tert-OH is 1. The van der Waals surface area contributed by atoms with Crippen LogP contribution in [0.3, 0.4) is 0 Å². The average Bonchev–Trinajstić information content (AvgIpc) is 2.35. The fourth-order valence-electron chi connectivity index (χ4n) is 1.64. The van der Waals surface area contributed by atoms with Crippen LogP contribution in [0.2, 0.25) is 0 Å². The van der Waals surface area contributed by atoms with E-state index in [4.69, 9.17) is 5.73 Å². The molecule has 4 unspecified atom stereocenters. The van der Waals surface area contributed by atoms with E-state index in [2.05, 4.69) is 0 Å². The van der Waals surface area contributed by atoms with Crippen molar-refractivity contribution in [3.63, 3.8) is 0 Å². The molecular weight excluding hydrogens is 249 g/mol. The highest BCUT2D eigenvalue weighted by molar-refractivity contribution is 8.00. The third-order valence-electron chi connectivity index (χ3n) is 3.10. The van der Waals surface area contributed by atoms with Gasteiger partial charge in [0.1, 0.15) is 5.82 Å². The van der Waals surface area contributed by atoms with E-state index < -0.39 is 0 Å². The maximum Gasteiger partial charge on any atom is 0.123 e. The molecule has 0 saturated carbocycles. The molecule has 0 spiro atoms. The highest BCUT2D eigenvalue weighted by Crippen LogP contribution is 2.36. The van der Waals surface area contributed by atoms with Gasteiger partial charge in [-0.05, 0) is 31.0 Å². The molecule has 0 aliphatic carbocycles. The molecule has 1 aromatic carbocycles. The molecule has 1 rings (SSSR count).